The topological polar surface area (TPSA) is 82.1 Å². The average Bonchev–Trinajstić information content (AvgIpc) is 3.01. The lowest BCUT2D eigenvalue weighted by atomic mass is 9.77. The van der Waals surface area contributed by atoms with E-state index >= 15 is 0 Å². The van der Waals surface area contributed by atoms with Crippen LogP contribution in [0.4, 0.5) is 0 Å². The van der Waals surface area contributed by atoms with Crippen LogP contribution in [-0.4, -0.2) is 43.3 Å². The highest BCUT2D eigenvalue weighted by Gasteiger charge is 2.42. The maximum absolute atomic E-state index is 12.5. The van der Waals surface area contributed by atoms with Crippen LogP contribution in [0.3, 0.4) is 0 Å². The Morgan fingerprint density at radius 2 is 1.83 bits per heavy atom. The molecule has 1 saturated heterocycles. The van der Waals surface area contributed by atoms with E-state index in [1.54, 1.807) is 0 Å². The van der Waals surface area contributed by atoms with Gasteiger partial charge in [-0.3, -0.25) is 9.59 Å². The highest BCUT2D eigenvalue weighted by atomic mass is 16.6. The second-order valence-electron chi connectivity index (χ2n) is 8.64. The summed E-state index contributed by atoms with van der Waals surface area (Å²) >= 11 is 0. The third-order valence-electron chi connectivity index (χ3n) is 6.22. The Kier molecular flexibility index (Phi) is 8.71. The van der Waals surface area contributed by atoms with Crippen molar-refractivity contribution in [3.8, 4) is 0 Å². The summed E-state index contributed by atoms with van der Waals surface area (Å²) in [5, 5.41) is 10.7. The standard InChI is InChI=1S/C24H36O6/c1-14(8-7-9-15(2)12-18-13-16(3)24(27)30-18)10-11-19-17(4)20(25)22(28-5)23(29-6)21(19)26/h9-10,16-19,21,26H,7-8,11-13H2,1-6H3/b14-10+,15-9+/t16?,17-,18?,19-,21-/m1/s1. The Balaban J connectivity index is 1.88. The highest BCUT2D eigenvalue weighted by Crippen LogP contribution is 2.35. The van der Waals surface area contributed by atoms with Crippen LogP contribution in [0.1, 0.15) is 59.8 Å². The van der Waals surface area contributed by atoms with Crippen molar-refractivity contribution in [2.24, 2.45) is 17.8 Å². The van der Waals surface area contributed by atoms with Crippen molar-refractivity contribution < 1.29 is 28.9 Å². The quantitative estimate of drug-likeness (QED) is 0.447. The lowest BCUT2D eigenvalue weighted by molar-refractivity contribution is -0.143. The van der Waals surface area contributed by atoms with E-state index in [0.29, 0.717) is 6.42 Å². The molecule has 6 heteroatoms. The SMILES string of the molecule is COC1=C(OC)[C@H](O)[C@H](C/C=C(\C)CC/C=C(\C)CC2CC(C)C(=O)O2)[C@@H](C)C1=O. The van der Waals surface area contributed by atoms with Crippen LogP contribution in [0, 0.1) is 17.8 Å². The summed E-state index contributed by atoms with van der Waals surface area (Å²) in [6, 6.07) is 0. The molecule has 1 heterocycles. The molecule has 1 N–H and O–H groups in total. The van der Waals surface area contributed by atoms with E-state index in [1.807, 2.05) is 13.8 Å². The molecule has 0 aromatic rings. The number of cyclic esters (lactones) is 1. The fraction of sp³-hybridized carbons (Fsp3) is 0.667. The molecule has 2 unspecified atom stereocenters. The van der Waals surface area contributed by atoms with Gasteiger partial charge >= 0.3 is 5.97 Å². The molecule has 1 fully saturated rings. The average molecular weight is 421 g/mol. The Hall–Kier alpha value is -2.08. The first-order chi connectivity index (χ1) is 14.2. The molecule has 0 radical (unpaired) electrons. The summed E-state index contributed by atoms with van der Waals surface area (Å²) < 4.78 is 15.8. The van der Waals surface area contributed by atoms with Crippen molar-refractivity contribution >= 4 is 11.8 Å². The predicted octanol–water partition coefficient (Wildman–Crippen LogP) is 4.09. The lowest BCUT2D eigenvalue weighted by Gasteiger charge is -2.33. The van der Waals surface area contributed by atoms with Gasteiger partial charge in [0.1, 0.15) is 12.2 Å². The van der Waals surface area contributed by atoms with Crippen molar-refractivity contribution in [3.63, 3.8) is 0 Å². The second-order valence-corrected chi connectivity index (χ2v) is 8.64. The van der Waals surface area contributed by atoms with Crippen molar-refractivity contribution in [1.29, 1.82) is 0 Å². The van der Waals surface area contributed by atoms with Crippen LogP contribution in [-0.2, 0) is 23.8 Å². The molecule has 0 aromatic carbocycles. The molecule has 1 aliphatic heterocycles. The molecular formula is C24H36O6. The van der Waals surface area contributed by atoms with E-state index in [9.17, 15) is 14.7 Å². The van der Waals surface area contributed by atoms with Crippen molar-refractivity contribution in [2.45, 2.75) is 72.0 Å². The molecule has 1 aliphatic carbocycles. The number of ether oxygens (including phenoxy) is 3. The van der Waals surface area contributed by atoms with Crippen molar-refractivity contribution in [1.82, 2.24) is 0 Å². The minimum Gasteiger partial charge on any atom is -0.494 e. The summed E-state index contributed by atoms with van der Waals surface area (Å²) in [6.45, 7) is 7.88. The number of hydrogen-bond donors (Lipinski definition) is 1. The largest absolute Gasteiger partial charge is 0.494 e. The number of rotatable bonds is 9. The Bertz CT molecular complexity index is 732. The number of aliphatic hydroxyl groups excluding tert-OH is 1. The van der Waals surface area contributed by atoms with Gasteiger partial charge in [-0.15, -0.1) is 0 Å². The zero-order valence-corrected chi connectivity index (χ0v) is 19.1. The third-order valence-corrected chi connectivity index (χ3v) is 6.22. The molecule has 0 bridgehead atoms. The number of ketones is 1. The summed E-state index contributed by atoms with van der Waals surface area (Å²) in [5.41, 5.74) is 2.45. The maximum Gasteiger partial charge on any atom is 0.309 e. The molecule has 0 amide bonds. The molecule has 30 heavy (non-hydrogen) atoms. The molecule has 0 spiro atoms. The molecular weight excluding hydrogens is 384 g/mol. The molecule has 6 nitrogen and oxygen atoms in total. The van der Waals surface area contributed by atoms with Crippen LogP contribution in [0.15, 0.2) is 34.8 Å². The summed E-state index contributed by atoms with van der Waals surface area (Å²) in [4.78, 5) is 24.0. The number of allylic oxidation sites excluding steroid dienone is 4. The number of methoxy groups -OCH3 is 2. The second kappa shape index (κ2) is 10.8. The minimum absolute atomic E-state index is 0.00539. The first-order valence-corrected chi connectivity index (χ1v) is 10.8. The van der Waals surface area contributed by atoms with Gasteiger partial charge in [-0.1, -0.05) is 37.1 Å². The fourth-order valence-electron chi connectivity index (χ4n) is 4.24. The molecule has 2 rings (SSSR count). The predicted molar refractivity (Wildman–Crippen MR) is 114 cm³/mol. The molecule has 0 saturated carbocycles. The number of aliphatic hydroxyl groups is 1. The molecule has 168 valence electrons. The fourth-order valence-corrected chi connectivity index (χ4v) is 4.24. The van der Waals surface area contributed by atoms with Gasteiger partial charge < -0.3 is 19.3 Å². The minimum atomic E-state index is -0.861. The van der Waals surface area contributed by atoms with Gasteiger partial charge in [0.2, 0.25) is 11.5 Å². The number of esters is 1. The van der Waals surface area contributed by atoms with Crippen LogP contribution in [0.2, 0.25) is 0 Å². The molecule has 2 aliphatic rings. The zero-order chi connectivity index (χ0) is 22.4. The third kappa shape index (κ3) is 5.75. The van der Waals surface area contributed by atoms with Crippen molar-refractivity contribution in [3.05, 3.63) is 34.8 Å². The van der Waals surface area contributed by atoms with E-state index in [4.69, 9.17) is 14.2 Å². The summed E-state index contributed by atoms with van der Waals surface area (Å²) in [7, 11) is 2.86. The van der Waals surface area contributed by atoms with Gasteiger partial charge in [-0.05, 0) is 39.5 Å². The highest BCUT2D eigenvalue weighted by molar-refractivity contribution is 5.97. The summed E-state index contributed by atoms with van der Waals surface area (Å²) in [5.74, 6) is -0.445. The summed E-state index contributed by atoms with van der Waals surface area (Å²) in [6.07, 6.45) is 7.45. The van der Waals surface area contributed by atoms with Crippen LogP contribution in [0.25, 0.3) is 0 Å². The van der Waals surface area contributed by atoms with Gasteiger partial charge in [-0.25, -0.2) is 0 Å². The van der Waals surface area contributed by atoms with Crippen LogP contribution in [0.5, 0.6) is 0 Å². The maximum atomic E-state index is 12.5. The van der Waals surface area contributed by atoms with Gasteiger partial charge in [0.25, 0.3) is 0 Å². The van der Waals surface area contributed by atoms with Crippen molar-refractivity contribution in [2.75, 3.05) is 14.2 Å². The zero-order valence-electron chi connectivity index (χ0n) is 19.1. The van der Waals surface area contributed by atoms with E-state index in [-0.39, 0.29) is 47.1 Å². The first-order valence-electron chi connectivity index (χ1n) is 10.8. The number of Topliss-reactive ketones (excluding diaryl/α,β-unsaturated/α-hetero) is 1. The van der Waals surface area contributed by atoms with E-state index in [2.05, 4.69) is 26.0 Å². The lowest BCUT2D eigenvalue weighted by Crippen LogP contribution is -2.40. The Morgan fingerprint density at radius 1 is 1.13 bits per heavy atom. The van der Waals surface area contributed by atoms with Gasteiger partial charge in [0.05, 0.1) is 20.1 Å². The Labute approximate surface area is 180 Å². The number of hydrogen-bond acceptors (Lipinski definition) is 6. The first kappa shape index (κ1) is 24.2. The van der Waals surface area contributed by atoms with E-state index in [1.165, 1.54) is 25.4 Å². The monoisotopic (exact) mass is 420 g/mol. The molecule has 5 atom stereocenters. The van der Waals surface area contributed by atoms with Gasteiger partial charge in [-0.2, -0.15) is 0 Å². The van der Waals surface area contributed by atoms with E-state index < -0.39 is 6.10 Å². The normalized spacial score (nSPS) is 30.6. The molecule has 0 aromatic heterocycles. The number of carbonyl (C=O) groups is 2. The smallest absolute Gasteiger partial charge is 0.309 e. The van der Waals surface area contributed by atoms with Crippen LogP contribution < -0.4 is 0 Å². The van der Waals surface area contributed by atoms with E-state index in [0.717, 1.165) is 25.7 Å². The van der Waals surface area contributed by atoms with Gasteiger partial charge in [0, 0.05) is 18.3 Å². The Morgan fingerprint density at radius 3 is 2.40 bits per heavy atom. The van der Waals surface area contributed by atoms with Crippen LogP contribution >= 0.6 is 0 Å². The number of carbonyl (C=O) groups excluding carboxylic acids is 2. The van der Waals surface area contributed by atoms with Gasteiger partial charge in [0.15, 0.2) is 5.76 Å².